The molecule has 2 aromatic rings. The zero-order chi connectivity index (χ0) is 14.0. The van der Waals surface area contributed by atoms with Gasteiger partial charge in [0.2, 0.25) is 0 Å². The van der Waals surface area contributed by atoms with Crippen LogP contribution in [0, 0.1) is 6.92 Å². The first-order valence-corrected chi connectivity index (χ1v) is 7.05. The van der Waals surface area contributed by atoms with E-state index in [9.17, 15) is 9.90 Å². The number of carbonyl (C=O) groups is 1. The number of phenolic OH excluding ortho intramolecular Hbond substituents is 1. The molecule has 0 aliphatic rings. The number of fused-ring (bicyclic) bond motifs is 1. The fourth-order valence-electron chi connectivity index (χ4n) is 2.20. The Bertz CT molecular complexity index is 635. The molecule has 100 valence electrons. The molecule has 0 amide bonds. The summed E-state index contributed by atoms with van der Waals surface area (Å²) >= 11 is 1.66. The van der Waals surface area contributed by atoms with Gasteiger partial charge < -0.3 is 9.84 Å². The normalized spacial score (nSPS) is 10.7. The molecule has 0 unspecified atom stereocenters. The molecule has 19 heavy (non-hydrogen) atoms. The fourth-order valence-corrected chi connectivity index (χ4v) is 3.14. The van der Waals surface area contributed by atoms with Crippen LogP contribution in [0.25, 0.3) is 10.8 Å². The summed E-state index contributed by atoms with van der Waals surface area (Å²) in [5, 5.41) is 12.0. The van der Waals surface area contributed by atoms with E-state index < -0.39 is 5.97 Å². The van der Waals surface area contributed by atoms with Crippen molar-refractivity contribution in [1.82, 2.24) is 0 Å². The third kappa shape index (κ3) is 2.28. The lowest BCUT2D eigenvalue weighted by Gasteiger charge is -2.15. The van der Waals surface area contributed by atoms with Crippen LogP contribution in [0.4, 0.5) is 0 Å². The van der Waals surface area contributed by atoms with Gasteiger partial charge in [-0.3, -0.25) is 0 Å². The van der Waals surface area contributed by atoms with Crippen molar-refractivity contribution in [3.8, 4) is 5.75 Å². The number of ether oxygens (including phenoxy) is 1. The second-order valence-electron chi connectivity index (χ2n) is 4.15. The molecule has 0 radical (unpaired) electrons. The first-order chi connectivity index (χ1) is 9.11. The summed E-state index contributed by atoms with van der Waals surface area (Å²) in [6.07, 6.45) is 0. The Morgan fingerprint density at radius 3 is 2.53 bits per heavy atom. The lowest BCUT2D eigenvalue weighted by Crippen LogP contribution is -2.06. The van der Waals surface area contributed by atoms with Crippen LogP contribution in [0.3, 0.4) is 0 Å². The van der Waals surface area contributed by atoms with Crippen LogP contribution in [0.15, 0.2) is 29.2 Å². The molecule has 0 aliphatic heterocycles. The third-order valence-electron chi connectivity index (χ3n) is 3.06. The van der Waals surface area contributed by atoms with Crippen molar-refractivity contribution in [1.29, 1.82) is 0 Å². The number of hydrogen-bond donors (Lipinski definition) is 1. The van der Waals surface area contributed by atoms with E-state index in [0.29, 0.717) is 5.39 Å². The molecule has 0 saturated heterocycles. The SMILES string of the molecule is CCSc1c(C)c(C(=O)OC)c(O)c2ccccc12. The second kappa shape index (κ2) is 5.53. The fraction of sp³-hybridized carbons (Fsp3) is 0.267. The van der Waals surface area contributed by atoms with Crippen molar-refractivity contribution in [3.05, 3.63) is 35.4 Å². The number of aromatic hydroxyl groups is 1. The van der Waals surface area contributed by atoms with Crippen molar-refractivity contribution in [2.24, 2.45) is 0 Å². The molecule has 0 heterocycles. The van der Waals surface area contributed by atoms with Crippen LogP contribution >= 0.6 is 11.8 Å². The molecular formula is C15H16O3S. The number of rotatable bonds is 3. The van der Waals surface area contributed by atoms with Crippen molar-refractivity contribution >= 4 is 28.5 Å². The molecule has 0 atom stereocenters. The highest BCUT2D eigenvalue weighted by Crippen LogP contribution is 2.40. The molecule has 0 saturated carbocycles. The molecule has 0 bridgehead atoms. The Kier molecular flexibility index (Phi) is 4.00. The smallest absolute Gasteiger partial charge is 0.341 e. The second-order valence-corrected chi connectivity index (χ2v) is 5.42. The van der Waals surface area contributed by atoms with Gasteiger partial charge in [0.1, 0.15) is 11.3 Å². The zero-order valence-corrected chi connectivity index (χ0v) is 12.0. The van der Waals surface area contributed by atoms with E-state index in [0.717, 1.165) is 21.6 Å². The lowest BCUT2D eigenvalue weighted by molar-refractivity contribution is 0.0596. The third-order valence-corrected chi connectivity index (χ3v) is 4.16. The summed E-state index contributed by atoms with van der Waals surface area (Å²) in [5.41, 5.74) is 1.03. The van der Waals surface area contributed by atoms with Crippen LogP contribution in [0.1, 0.15) is 22.8 Å². The largest absolute Gasteiger partial charge is 0.506 e. The summed E-state index contributed by atoms with van der Waals surface area (Å²) in [4.78, 5) is 12.9. The number of phenols is 1. The van der Waals surface area contributed by atoms with E-state index in [1.54, 1.807) is 11.8 Å². The molecule has 3 nitrogen and oxygen atoms in total. The number of thioether (sulfide) groups is 1. The summed E-state index contributed by atoms with van der Waals surface area (Å²) in [5.74, 6) is 0.398. The molecule has 0 spiro atoms. The molecule has 1 N–H and O–H groups in total. The van der Waals surface area contributed by atoms with Gasteiger partial charge in [-0.15, -0.1) is 11.8 Å². The number of esters is 1. The van der Waals surface area contributed by atoms with E-state index in [2.05, 4.69) is 6.92 Å². The Labute approximate surface area is 116 Å². The molecule has 4 heteroatoms. The van der Waals surface area contributed by atoms with Gasteiger partial charge in [0, 0.05) is 10.3 Å². The average Bonchev–Trinajstić information content (AvgIpc) is 2.43. The minimum Gasteiger partial charge on any atom is -0.506 e. The van der Waals surface area contributed by atoms with E-state index in [4.69, 9.17) is 4.74 Å². The molecular weight excluding hydrogens is 260 g/mol. The zero-order valence-electron chi connectivity index (χ0n) is 11.2. The highest BCUT2D eigenvalue weighted by atomic mass is 32.2. The van der Waals surface area contributed by atoms with Crippen LogP contribution in [-0.4, -0.2) is 23.9 Å². The minimum absolute atomic E-state index is 0.000373. The number of carbonyl (C=O) groups excluding carboxylic acids is 1. The van der Waals surface area contributed by atoms with Crippen molar-refractivity contribution in [2.75, 3.05) is 12.9 Å². The van der Waals surface area contributed by atoms with Crippen LogP contribution in [0.2, 0.25) is 0 Å². The minimum atomic E-state index is -0.501. The quantitative estimate of drug-likeness (QED) is 0.685. The summed E-state index contributed by atoms with van der Waals surface area (Å²) < 4.78 is 4.77. The van der Waals surface area contributed by atoms with E-state index in [-0.39, 0.29) is 11.3 Å². The summed E-state index contributed by atoms with van der Waals surface area (Å²) in [6.45, 7) is 3.90. The van der Waals surface area contributed by atoms with Gasteiger partial charge in [-0.25, -0.2) is 4.79 Å². The molecule has 0 fully saturated rings. The van der Waals surface area contributed by atoms with Gasteiger partial charge in [-0.05, 0) is 23.6 Å². The van der Waals surface area contributed by atoms with Crippen molar-refractivity contribution in [2.45, 2.75) is 18.7 Å². The first kappa shape index (κ1) is 13.7. The summed E-state index contributed by atoms with van der Waals surface area (Å²) in [7, 11) is 1.32. The highest BCUT2D eigenvalue weighted by molar-refractivity contribution is 7.99. The predicted molar refractivity (Wildman–Crippen MR) is 78.1 cm³/mol. The van der Waals surface area contributed by atoms with Gasteiger partial charge in [0.25, 0.3) is 0 Å². The maximum absolute atomic E-state index is 11.9. The van der Waals surface area contributed by atoms with Gasteiger partial charge in [0.15, 0.2) is 0 Å². The van der Waals surface area contributed by atoms with Gasteiger partial charge in [-0.1, -0.05) is 31.2 Å². The van der Waals surface area contributed by atoms with Crippen molar-refractivity contribution < 1.29 is 14.6 Å². The highest BCUT2D eigenvalue weighted by Gasteiger charge is 2.21. The number of methoxy groups -OCH3 is 1. The average molecular weight is 276 g/mol. The Morgan fingerprint density at radius 2 is 1.95 bits per heavy atom. The van der Waals surface area contributed by atoms with Gasteiger partial charge >= 0.3 is 5.97 Å². The van der Waals surface area contributed by atoms with Gasteiger partial charge in [-0.2, -0.15) is 0 Å². The first-order valence-electron chi connectivity index (χ1n) is 6.07. The Morgan fingerprint density at radius 1 is 1.32 bits per heavy atom. The van der Waals surface area contributed by atoms with Gasteiger partial charge in [0.05, 0.1) is 7.11 Å². The number of benzene rings is 2. The number of hydrogen-bond acceptors (Lipinski definition) is 4. The Balaban J connectivity index is 2.86. The molecule has 0 aliphatic carbocycles. The molecule has 2 aromatic carbocycles. The van der Waals surface area contributed by atoms with E-state index >= 15 is 0 Å². The van der Waals surface area contributed by atoms with Crippen LogP contribution in [0.5, 0.6) is 5.75 Å². The van der Waals surface area contributed by atoms with Crippen molar-refractivity contribution in [3.63, 3.8) is 0 Å². The maximum Gasteiger partial charge on any atom is 0.341 e. The topological polar surface area (TPSA) is 46.5 Å². The van der Waals surface area contributed by atoms with Crippen LogP contribution in [-0.2, 0) is 4.74 Å². The standard InChI is InChI=1S/C15H16O3S/c1-4-19-14-9(2)12(15(17)18-3)13(16)10-7-5-6-8-11(10)14/h5-8,16H,4H2,1-3H3. The maximum atomic E-state index is 11.9. The monoisotopic (exact) mass is 276 g/mol. The summed E-state index contributed by atoms with van der Waals surface area (Å²) in [6, 6.07) is 7.55. The molecule has 0 aromatic heterocycles. The van der Waals surface area contributed by atoms with E-state index in [1.807, 2.05) is 31.2 Å². The van der Waals surface area contributed by atoms with Crippen LogP contribution < -0.4 is 0 Å². The Hall–Kier alpha value is -1.68. The lowest BCUT2D eigenvalue weighted by atomic mass is 10.00. The van der Waals surface area contributed by atoms with E-state index in [1.165, 1.54) is 7.11 Å². The predicted octanol–water partition coefficient (Wildman–Crippen LogP) is 3.75. The molecule has 2 rings (SSSR count).